The molecule has 0 aromatic heterocycles. The molecule has 0 spiro atoms. The minimum Gasteiger partial charge on any atom is -0.376 e. The number of aliphatic hydroxyl groups excluding tert-OH is 2. The fourth-order valence-electron chi connectivity index (χ4n) is 2.12. The van der Waals surface area contributed by atoms with Gasteiger partial charge in [-0.05, 0) is 32.6 Å². The second-order valence-corrected chi connectivity index (χ2v) is 7.64. The molecular formula is C15H30O5. The third kappa shape index (κ3) is 6.50. The van der Waals surface area contributed by atoms with Gasteiger partial charge in [-0.25, -0.2) is 0 Å². The molecule has 0 bridgehead atoms. The molecule has 1 fully saturated rings. The molecule has 20 heavy (non-hydrogen) atoms. The standard InChI is InChI=1S/C15H30O5/c1-14(2,3)9-11-13(17)20-12(16)10(19-11)7-8-18-15(4,5)6/h10-13,16-17H,7-9H2,1-6H3. The van der Waals surface area contributed by atoms with Crippen molar-refractivity contribution in [1.29, 1.82) is 0 Å². The lowest BCUT2D eigenvalue weighted by Crippen LogP contribution is -2.50. The lowest BCUT2D eigenvalue weighted by Gasteiger charge is -2.39. The molecule has 5 nitrogen and oxygen atoms in total. The third-order valence-electron chi connectivity index (χ3n) is 3.02. The highest BCUT2D eigenvalue weighted by molar-refractivity contribution is 4.79. The quantitative estimate of drug-likeness (QED) is 0.829. The Kier molecular flexibility index (Phi) is 5.99. The predicted molar refractivity (Wildman–Crippen MR) is 76.2 cm³/mol. The van der Waals surface area contributed by atoms with Crippen molar-refractivity contribution in [2.75, 3.05) is 6.61 Å². The monoisotopic (exact) mass is 290 g/mol. The Morgan fingerprint density at radius 1 is 0.900 bits per heavy atom. The Morgan fingerprint density at radius 2 is 1.45 bits per heavy atom. The average Bonchev–Trinajstić information content (AvgIpc) is 2.20. The molecule has 1 heterocycles. The van der Waals surface area contributed by atoms with E-state index in [-0.39, 0.29) is 11.0 Å². The van der Waals surface area contributed by atoms with E-state index >= 15 is 0 Å². The first-order valence-electron chi connectivity index (χ1n) is 7.29. The maximum atomic E-state index is 9.84. The van der Waals surface area contributed by atoms with Crippen LogP contribution in [0.2, 0.25) is 0 Å². The molecule has 0 aliphatic carbocycles. The normalized spacial score (nSPS) is 32.4. The first-order chi connectivity index (χ1) is 8.98. The molecule has 5 heteroatoms. The van der Waals surface area contributed by atoms with Crippen molar-refractivity contribution in [1.82, 2.24) is 0 Å². The maximum absolute atomic E-state index is 9.84. The van der Waals surface area contributed by atoms with Gasteiger partial charge in [-0.1, -0.05) is 20.8 Å². The van der Waals surface area contributed by atoms with Gasteiger partial charge in [0.05, 0.1) is 5.60 Å². The second kappa shape index (κ2) is 6.71. The van der Waals surface area contributed by atoms with Gasteiger partial charge < -0.3 is 24.4 Å². The SMILES string of the molecule is CC(C)(C)CC1OC(CCOC(C)(C)C)C(O)OC1O. The average molecular weight is 290 g/mol. The lowest BCUT2D eigenvalue weighted by atomic mass is 9.88. The molecule has 0 radical (unpaired) electrons. The van der Waals surface area contributed by atoms with Crippen LogP contribution in [0.3, 0.4) is 0 Å². The van der Waals surface area contributed by atoms with Crippen LogP contribution < -0.4 is 0 Å². The van der Waals surface area contributed by atoms with Crippen molar-refractivity contribution in [3.63, 3.8) is 0 Å². The fourth-order valence-corrected chi connectivity index (χ4v) is 2.12. The Morgan fingerprint density at radius 3 is 1.95 bits per heavy atom. The Bertz CT molecular complexity index is 292. The van der Waals surface area contributed by atoms with Gasteiger partial charge >= 0.3 is 0 Å². The Labute approximate surface area is 122 Å². The molecule has 4 unspecified atom stereocenters. The van der Waals surface area contributed by atoms with E-state index in [2.05, 4.69) is 20.8 Å². The van der Waals surface area contributed by atoms with Crippen LogP contribution in [0, 0.1) is 5.41 Å². The van der Waals surface area contributed by atoms with Gasteiger partial charge in [0.15, 0.2) is 12.6 Å². The number of ether oxygens (including phenoxy) is 3. The largest absolute Gasteiger partial charge is 0.376 e. The number of aliphatic hydroxyl groups is 2. The maximum Gasteiger partial charge on any atom is 0.184 e. The van der Waals surface area contributed by atoms with Crippen LogP contribution >= 0.6 is 0 Å². The van der Waals surface area contributed by atoms with Crippen molar-refractivity contribution in [2.24, 2.45) is 5.41 Å². The van der Waals surface area contributed by atoms with E-state index in [9.17, 15) is 10.2 Å². The van der Waals surface area contributed by atoms with Crippen LogP contribution in [0.5, 0.6) is 0 Å². The summed E-state index contributed by atoms with van der Waals surface area (Å²) in [6, 6.07) is 0. The number of rotatable bonds is 4. The number of hydrogen-bond acceptors (Lipinski definition) is 5. The summed E-state index contributed by atoms with van der Waals surface area (Å²) < 4.78 is 16.6. The zero-order chi connectivity index (χ0) is 15.6. The molecule has 0 saturated carbocycles. The Balaban J connectivity index is 2.50. The van der Waals surface area contributed by atoms with E-state index in [4.69, 9.17) is 14.2 Å². The van der Waals surface area contributed by atoms with Crippen molar-refractivity contribution in [3.8, 4) is 0 Å². The molecule has 1 rings (SSSR count). The van der Waals surface area contributed by atoms with Crippen LogP contribution in [0.25, 0.3) is 0 Å². The molecule has 1 saturated heterocycles. The van der Waals surface area contributed by atoms with Crippen LogP contribution in [-0.4, -0.2) is 47.2 Å². The summed E-state index contributed by atoms with van der Waals surface area (Å²) >= 11 is 0. The molecular weight excluding hydrogens is 260 g/mol. The molecule has 120 valence electrons. The fraction of sp³-hybridized carbons (Fsp3) is 1.00. The van der Waals surface area contributed by atoms with E-state index in [0.717, 1.165) is 0 Å². The van der Waals surface area contributed by atoms with E-state index in [0.29, 0.717) is 19.4 Å². The molecule has 0 aromatic carbocycles. The summed E-state index contributed by atoms with van der Waals surface area (Å²) in [7, 11) is 0. The van der Waals surface area contributed by atoms with Gasteiger partial charge in [0, 0.05) is 13.0 Å². The highest BCUT2D eigenvalue weighted by Gasteiger charge is 2.38. The highest BCUT2D eigenvalue weighted by atomic mass is 16.7. The summed E-state index contributed by atoms with van der Waals surface area (Å²) in [5, 5.41) is 19.7. The zero-order valence-electron chi connectivity index (χ0n) is 13.5. The van der Waals surface area contributed by atoms with Crippen LogP contribution in [0.1, 0.15) is 54.4 Å². The minimum atomic E-state index is -1.11. The summed E-state index contributed by atoms with van der Waals surface area (Å²) in [5.74, 6) is 0. The summed E-state index contributed by atoms with van der Waals surface area (Å²) in [6.45, 7) is 12.6. The summed E-state index contributed by atoms with van der Waals surface area (Å²) in [6.07, 6.45) is -1.87. The van der Waals surface area contributed by atoms with Gasteiger partial charge in [-0.15, -0.1) is 0 Å². The van der Waals surface area contributed by atoms with Crippen molar-refractivity contribution in [2.45, 2.75) is 84.8 Å². The third-order valence-corrected chi connectivity index (χ3v) is 3.02. The van der Waals surface area contributed by atoms with E-state index in [1.54, 1.807) is 0 Å². The van der Waals surface area contributed by atoms with Crippen molar-refractivity contribution >= 4 is 0 Å². The van der Waals surface area contributed by atoms with Gasteiger partial charge in [0.25, 0.3) is 0 Å². The molecule has 4 atom stereocenters. The molecule has 1 aliphatic rings. The lowest BCUT2D eigenvalue weighted by molar-refractivity contribution is -0.339. The smallest absolute Gasteiger partial charge is 0.184 e. The van der Waals surface area contributed by atoms with Crippen LogP contribution in [0.15, 0.2) is 0 Å². The van der Waals surface area contributed by atoms with Gasteiger partial charge in [-0.2, -0.15) is 0 Å². The van der Waals surface area contributed by atoms with Gasteiger partial charge in [-0.3, -0.25) is 0 Å². The summed E-state index contributed by atoms with van der Waals surface area (Å²) in [4.78, 5) is 0. The number of hydrogen-bond donors (Lipinski definition) is 2. The van der Waals surface area contributed by atoms with Gasteiger partial charge in [0.2, 0.25) is 0 Å². The molecule has 2 N–H and O–H groups in total. The molecule has 0 aromatic rings. The van der Waals surface area contributed by atoms with Crippen molar-refractivity contribution in [3.05, 3.63) is 0 Å². The zero-order valence-corrected chi connectivity index (χ0v) is 13.5. The minimum absolute atomic E-state index is 0.0176. The van der Waals surface area contributed by atoms with E-state index in [1.807, 2.05) is 20.8 Å². The van der Waals surface area contributed by atoms with E-state index in [1.165, 1.54) is 0 Å². The van der Waals surface area contributed by atoms with Gasteiger partial charge in [0.1, 0.15) is 12.2 Å². The van der Waals surface area contributed by atoms with E-state index < -0.39 is 24.8 Å². The first kappa shape index (κ1) is 17.9. The topological polar surface area (TPSA) is 68.2 Å². The first-order valence-corrected chi connectivity index (χ1v) is 7.29. The second-order valence-electron chi connectivity index (χ2n) is 7.64. The highest BCUT2D eigenvalue weighted by Crippen LogP contribution is 2.30. The predicted octanol–water partition coefficient (Wildman–Crippen LogP) is 2.05. The van der Waals surface area contributed by atoms with Crippen molar-refractivity contribution < 1.29 is 24.4 Å². The molecule has 0 amide bonds. The van der Waals surface area contributed by atoms with Crippen LogP contribution in [0.4, 0.5) is 0 Å². The Hall–Kier alpha value is -0.200. The summed E-state index contributed by atoms with van der Waals surface area (Å²) in [5.41, 5.74) is -0.200. The van der Waals surface area contributed by atoms with Crippen LogP contribution in [-0.2, 0) is 14.2 Å². The molecule has 1 aliphatic heterocycles.